The van der Waals surface area contributed by atoms with Crippen LogP contribution in [-0.4, -0.2) is 33.4 Å². The maximum atomic E-state index is 9.66. The first-order valence-corrected chi connectivity index (χ1v) is 7.35. The van der Waals surface area contributed by atoms with E-state index < -0.39 is 5.75 Å². The Hall–Kier alpha value is -1.07. The zero-order chi connectivity index (χ0) is 13.0. The van der Waals surface area contributed by atoms with Crippen LogP contribution in [0.2, 0.25) is 0 Å². The highest BCUT2D eigenvalue weighted by atomic mass is 32.2. The zero-order valence-corrected chi connectivity index (χ0v) is 11.0. The molecule has 0 saturated carbocycles. The predicted octanol–water partition coefficient (Wildman–Crippen LogP) is 2.04. The molecule has 1 aromatic rings. The van der Waals surface area contributed by atoms with Crippen molar-refractivity contribution >= 4 is 11.8 Å². The van der Waals surface area contributed by atoms with Crippen molar-refractivity contribution in [2.24, 2.45) is 5.92 Å². The van der Waals surface area contributed by atoms with Crippen LogP contribution in [0, 0.1) is 5.92 Å². The quantitative estimate of drug-likeness (QED) is 0.630. The van der Waals surface area contributed by atoms with Gasteiger partial charge in [0.2, 0.25) is 5.75 Å². The summed E-state index contributed by atoms with van der Waals surface area (Å²) in [6.07, 6.45) is 2.48. The molecule has 0 amide bonds. The van der Waals surface area contributed by atoms with Gasteiger partial charge in [-0.15, -0.1) is 0 Å². The largest absolute Gasteiger partial charge is 0.504 e. The first-order chi connectivity index (χ1) is 8.68. The fourth-order valence-electron chi connectivity index (χ4n) is 2.11. The highest BCUT2D eigenvalue weighted by Crippen LogP contribution is 2.36. The second-order valence-electron chi connectivity index (χ2n) is 4.63. The number of hydrogen-bond donors (Lipinski definition) is 4. The van der Waals surface area contributed by atoms with Crippen LogP contribution in [0.25, 0.3) is 0 Å². The van der Waals surface area contributed by atoms with Crippen molar-refractivity contribution in [2.75, 3.05) is 18.1 Å². The molecule has 2 rings (SSSR count). The van der Waals surface area contributed by atoms with E-state index >= 15 is 0 Å². The van der Waals surface area contributed by atoms with Gasteiger partial charge in [-0.3, -0.25) is 0 Å². The first-order valence-electron chi connectivity index (χ1n) is 6.19. The van der Waals surface area contributed by atoms with Crippen LogP contribution in [0.15, 0.2) is 12.1 Å². The van der Waals surface area contributed by atoms with E-state index in [1.54, 1.807) is 6.07 Å². The molecule has 1 aliphatic rings. The summed E-state index contributed by atoms with van der Waals surface area (Å²) in [5.41, 5.74) is 0.607. The molecule has 0 radical (unpaired) electrons. The molecule has 0 spiro atoms. The summed E-state index contributed by atoms with van der Waals surface area (Å²) in [5, 5.41) is 31.6. The Morgan fingerprint density at radius 2 is 1.83 bits per heavy atom. The molecule has 1 heterocycles. The van der Waals surface area contributed by atoms with E-state index in [0.29, 0.717) is 18.0 Å². The molecule has 1 saturated heterocycles. The second-order valence-corrected chi connectivity index (χ2v) is 5.85. The lowest BCUT2D eigenvalue weighted by molar-refractivity contribution is 0.363. The van der Waals surface area contributed by atoms with Gasteiger partial charge < -0.3 is 20.6 Å². The second kappa shape index (κ2) is 6.20. The molecule has 4 N–H and O–H groups in total. The Balaban J connectivity index is 1.84. The fraction of sp³-hybridized carbons (Fsp3) is 0.538. The molecule has 0 unspecified atom stereocenters. The van der Waals surface area contributed by atoms with Crippen LogP contribution in [0.3, 0.4) is 0 Å². The van der Waals surface area contributed by atoms with Crippen LogP contribution in [0.5, 0.6) is 17.2 Å². The number of thioether (sulfide) groups is 1. The molecule has 100 valence electrons. The minimum absolute atomic E-state index is 0.235. The highest BCUT2D eigenvalue weighted by Gasteiger charge is 2.14. The molecule has 5 heteroatoms. The number of aromatic hydroxyl groups is 3. The average molecular weight is 269 g/mol. The SMILES string of the molecule is Oc1ccc(CNCC2CCSCC2)c(O)c1O. The normalized spacial score (nSPS) is 16.9. The van der Waals surface area contributed by atoms with Crippen molar-refractivity contribution in [3.8, 4) is 17.2 Å². The van der Waals surface area contributed by atoms with E-state index in [2.05, 4.69) is 5.32 Å². The number of hydrogen-bond acceptors (Lipinski definition) is 5. The first kappa shape index (κ1) is 13.4. The van der Waals surface area contributed by atoms with E-state index in [1.807, 2.05) is 11.8 Å². The molecular formula is C13H19NO3S. The van der Waals surface area contributed by atoms with Crippen molar-refractivity contribution in [2.45, 2.75) is 19.4 Å². The summed E-state index contributed by atoms with van der Waals surface area (Å²) in [6, 6.07) is 3.01. The van der Waals surface area contributed by atoms with Crippen LogP contribution in [0.1, 0.15) is 18.4 Å². The lowest BCUT2D eigenvalue weighted by Gasteiger charge is -2.21. The van der Waals surface area contributed by atoms with E-state index in [0.717, 1.165) is 6.54 Å². The van der Waals surface area contributed by atoms with Crippen molar-refractivity contribution in [1.29, 1.82) is 0 Å². The van der Waals surface area contributed by atoms with Gasteiger partial charge in [-0.05, 0) is 42.9 Å². The van der Waals surface area contributed by atoms with Crippen LogP contribution >= 0.6 is 11.8 Å². The summed E-state index contributed by atoms with van der Waals surface area (Å²) in [5.74, 6) is 2.21. The van der Waals surface area contributed by atoms with E-state index in [9.17, 15) is 15.3 Å². The molecular weight excluding hydrogens is 250 g/mol. The van der Waals surface area contributed by atoms with Gasteiger partial charge in [0.1, 0.15) is 0 Å². The number of nitrogens with one attached hydrogen (secondary N) is 1. The third-order valence-corrected chi connectivity index (χ3v) is 4.35. The standard InChI is InChI=1S/C13H19NO3S/c15-11-2-1-10(12(16)13(11)17)8-14-7-9-3-5-18-6-4-9/h1-2,9,14-17H,3-8H2. The molecule has 0 bridgehead atoms. The van der Waals surface area contributed by atoms with Gasteiger partial charge in [-0.25, -0.2) is 0 Å². The minimum Gasteiger partial charge on any atom is -0.504 e. The zero-order valence-electron chi connectivity index (χ0n) is 10.2. The molecule has 18 heavy (non-hydrogen) atoms. The lowest BCUT2D eigenvalue weighted by Crippen LogP contribution is -2.25. The molecule has 1 aliphatic heterocycles. The summed E-state index contributed by atoms with van der Waals surface area (Å²) < 4.78 is 0. The van der Waals surface area contributed by atoms with Gasteiger partial charge in [-0.1, -0.05) is 6.07 Å². The molecule has 1 aromatic carbocycles. The Morgan fingerprint density at radius 3 is 2.56 bits per heavy atom. The summed E-state index contributed by atoms with van der Waals surface area (Å²) in [7, 11) is 0. The third-order valence-electron chi connectivity index (χ3n) is 3.30. The smallest absolute Gasteiger partial charge is 0.200 e. The molecule has 4 nitrogen and oxygen atoms in total. The number of benzene rings is 1. The number of rotatable bonds is 4. The van der Waals surface area contributed by atoms with Gasteiger partial charge in [0.15, 0.2) is 11.5 Å². The topological polar surface area (TPSA) is 72.7 Å². The van der Waals surface area contributed by atoms with Crippen molar-refractivity contribution in [1.82, 2.24) is 5.32 Å². The summed E-state index contributed by atoms with van der Waals surface area (Å²) in [4.78, 5) is 0. The van der Waals surface area contributed by atoms with Crippen LogP contribution in [0.4, 0.5) is 0 Å². The highest BCUT2D eigenvalue weighted by molar-refractivity contribution is 7.99. The molecule has 0 atom stereocenters. The van der Waals surface area contributed by atoms with Gasteiger partial charge in [0.25, 0.3) is 0 Å². The lowest BCUT2D eigenvalue weighted by atomic mass is 10.0. The maximum absolute atomic E-state index is 9.66. The van der Waals surface area contributed by atoms with Crippen molar-refractivity contribution in [3.05, 3.63) is 17.7 Å². The van der Waals surface area contributed by atoms with Crippen molar-refractivity contribution in [3.63, 3.8) is 0 Å². The monoisotopic (exact) mass is 269 g/mol. The van der Waals surface area contributed by atoms with Crippen LogP contribution in [-0.2, 0) is 6.54 Å². The van der Waals surface area contributed by atoms with Gasteiger partial charge in [0, 0.05) is 12.1 Å². The Labute approximate surface area is 111 Å². The molecule has 0 aromatic heterocycles. The Kier molecular flexibility index (Phi) is 4.60. The van der Waals surface area contributed by atoms with Crippen molar-refractivity contribution < 1.29 is 15.3 Å². The van der Waals surface area contributed by atoms with Gasteiger partial charge >= 0.3 is 0 Å². The van der Waals surface area contributed by atoms with Crippen LogP contribution < -0.4 is 5.32 Å². The minimum atomic E-state index is -0.441. The Morgan fingerprint density at radius 1 is 1.11 bits per heavy atom. The molecule has 1 fully saturated rings. The van der Waals surface area contributed by atoms with Gasteiger partial charge in [0.05, 0.1) is 0 Å². The van der Waals surface area contributed by atoms with Gasteiger partial charge in [-0.2, -0.15) is 11.8 Å². The summed E-state index contributed by atoms with van der Waals surface area (Å²) >= 11 is 2.01. The maximum Gasteiger partial charge on any atom is 0.200 e. The Bertz CT molecular complexity index is 405. The number of phenols is 3. The van der Waals surface area contributed by atoms with E-state index in [1.165, 1.54) is 30.4 Å². The average Bonchev–Trinajstić information content (AvgIpc) is 2.40. The summed E-state index contributed by atoms with van der Waals surface area (Å²) in [6.45, 7) is 1.44. The fourth-order valence-corrected chi connectivity index (χ4v) is 3.32. The van der Waals surface area contributed by atoms with E-state index in [-0.39, 0.29) is 11.5 Å². The molecule has 0 aliphatic carbocycles. The predicted molar refractivity (Wildman–Crippen MR) is 73.2 cm³/mol. The third kappa shape index (κ3) is 3.23. The number of phenolic OH excluding ortho intramolecular Hbond substituents is 3. The van der Waals surface area contributed by atoms with E-state index in [4.69, 9.17) is 0 Å².